The number of hydrogen-bond acceptors (Lipinski definition) is 6. The van der Waals surface area contributed by atoms with Gasteiger partial charge in [0, 0.05) is 6.61 Å². The van der Waals surface area contributed by atoms with Gasteiger partial charge in [-0.2, -0.15) is 0 Å². The average molecular weight is 389 g/mol. The number of aliphatic hydroxyl groups is 2. The van der Waals surface area contributed by atoms with Crippen LogP contribution in [0.2, 0.25) is 0 Å². The molecule has 0 unspecified atom stereocenters. The van der Waals surface area contributed by atoms with E-state index >= 15 is 0 Å². The van der Waals surface area contributed by atoms with E-state index in [0.717, 1.165) is 12.8 Å². The van der Waals surface area contributed by atoms with Crippen molar-refractivity contribution in [1.82, 2.24) is 0 Å². The minimum absolute atomic E-state index is 0.366. The molecule has 5 atom stereocenters. The maximum absolute atomic E-state index is 9.99. The Bertz CT molecular complexity index is 402. The van der Waals surface area contributed by atoms with Crippen molar-refractivity contribution >= 4 is 0 Å². The molecular formula is C21H40O6. The standard InChI is InChI=1S/C21H40O6/c1-4-5-6-7-8-9-10-11-12-13-14-24-20-19-18(26-21(2,3)27-19)17(25-20)16(23)15-22/h16-20,22-23H,4-15H2,1-3H3/t16-,17-,18+,19+,20+/m1/s1. The molecule has 2 saturated heterocycles. The van der Waals surface area contributed by atoms with E-state index in [4.69, 9.17) is 18.9 Å². The molecule has 0 aromatic carbocycles. The summed E-state index contributed by atoms with van der Waals surface area (Å²) in [6.07, 6.45) is 9.84. The first-order valence-corrected chi connectivity index (χ1v) is 10.9. The number of aliphatic hydroxyl groups excluding tert-OH is 2. The van der Waals surface area contributed by atoms with Crippen LogP contribution in [0.1, 0.15) is 85.0 Å². The summed E-state index contributed by atoms with van der Waals surface area (Å²) in [6.45, 7) is 6.17. The molecule has 0 saturated carbocycles. The number of rotatable bonds is 14. The van der Waals surface area contributed by atoms with Crippen molar-refractivity contribution in [3.8, 4) is 0 Å². The fraction of sp³-hybridized carbons (Fsp3) is 1.00. The smallest absolute Gasteiger partial charge is 0.187 e. The minimum atomic E-state index is -0.999. The second kappa shape index (κ2) is 11.7. The zero-order chi connectivity index (χ0) is 19.7. The Hall–Kier alpha value is -0.240. The normalized spacial score (nSPS) is 30.6. The molecule has 2 rings (SSSR count). The van der Waals surface area contributed by atoms with Gasteiger partial charge >= 0.3 is 0 Å². The summed E-state index contributed by atoms with van der Waals surface area (Å²) in [4.78, 5) is 0. The van der Waals surface area contributed by atoms with Crippen LogP contribution in [0.4, 0.5) is 0 Å². The van der Waals surface area contributed by atoms with Gasteiger partial charge in [0.1, 0.15) is 24.4 Å². The first-order valence-electron chi connectivity index (χ1n) is 10.9. The van der Waals surface area contributed by atoms with Gasteiger partial charge < -0.3 is 29.2 Å². The van der Waals surface area contributed by atoms with Crippen molar-refractivity contribution in [1.29, 1.82) is 0 Å². The Morgan fingerprint density at radius 3 is 2.04 bits per heavy atom. The van der Waals surface area contributed by atoms with E-state index in [9.17, 15) is 10.2 Å². The van der Waals surface area contributed by atoms with Crippen molar-refractivity contribution in [2.45, 2.75) is 121 Å². The van der Waals surface area contributed by atoms with Gasteiger partial charge in [-0.1, -0.05) is 64.7 Å². The van der Waals surface area contributed by atoms with Gasteiger partial charge in [0.25, 0.3) is 0 Å². The van der Waals surface area contributed by atoms with Crippen LogP contribution in [0.15, 0.2) is 0 Å². The van der Waals surface area contributed by atoms with Gasteiger partial charge in [-0.25, -0.2) is 0 Å². The fourth-order valence-corrected chi connectivity index (χ4v) is 3.93. The molecule has 6 nitrogen and oxygen atoms in total. The highest BCUT2D eigenvalue weighted by molar-refractivity contribution is 4.97. The Labute approximate surface area is 164 Å². The molecule has 2 N–H and O–H groups in total. The van der Waals surface area contributed by atoms with E-state index in [2.05, 4.69) is 6.92 Å². The van der Waals surface area contributed by atoms with E-state index in [-0.39, 0.29) is 12.7 Å². The summed E-state index contributed by atoms with van der Waals surface area (Å²) in [5.74, 6) is -0.731. The Morgan fingerprint density at radius 2 is 1.44 bits per heavy atom. The van der Waals surface area contributed by atoms with Gasteiger partial charge in [0.15, 0.2) is 12.1 Å². The molecule has 0 bridgehead atoms. The molecule has 0 spiro atoms. The lowest BCUT2D eigenvalue weighted by atomic mass is 10.1. The largest absolute Gasteiger partial charge is 0.394 e. The Balaban J connectivity index is 1.59. The van der Waals surface area contributed by atoms with Gasteiger partial charge in [0.2, 0.25) is 0 Å². The van der Waals surface area contributed by atoms with Crippen LogP contribution in [0.5, 0.6) is 0 Å². The summed E-state index contributed by atoms with van der Waals surface area (Å²) in [5.41, 5.74) is 0. The third kappa shape index (κ3) is 7.26. The zero-order valence-electron chi connectivity index (χ0n) is 17.4. The van der Waals surface area contributed by atoms with Gasteiger partial charge in [0.05, 0.1) is 6.61 Å². The Morgan fingerprint density at radius 1 is 0.889 bits per heavy atom. The van der Waals surface area contributed by atoms with Crippen molar-refractivity contribution < 1.29 is 29.2 Å². The van der Waals surface area contributed by atoms with E-state index < -0.39 is 30.4 Å². The number of hydrogen-bond donors (Lipinski definition) is 2. The molecule has 0 radical (unpaired) electrons. The molecule has 2 aliphatic rings. The molecule has 0 aromatic rings. The van der Waals surface area contributed by atoms with Crippen LogP contribution < -0.4 is 0 Å². The van der Waals surface area contributed by atoms with Crippen molar-refractivity contribution in [2.75, 3.05) is 13.2 Å². The molecular weight excluding hydrogens is 348 g/mol. The minimum Gasteiger partial charge on any atom is -0.394 e. The van der Waals surface area contributed by atoms with Crippen LogP contribution in [-0.4, -0.2) is 59.9 Å². The van der Waals surface area contributed by atoms with Crippen LogP contribution in [0.3, 0.4) is 0 Å². The molecule has 6 heteroatoms. The van der Waals surface area contributed by atoms with Gasteiger partial charge in [-0.05, 0) is 20.3 Å². The maximum Gasteiger partial charge on any atom is 0.187 e. The lowest BCUT2D eigenvalue weighted by Gasteiger charge is -2.25. The van der Waals surface area contributed by atoms with E-state index in [1.807, 2.05) is 13.8 Å². The Kier molecular flexibility index (Phi) is 9.97. The SMILES string of the molecule is CCCCCCCCCCCCO[C@H]1O[C@H]([C@H](O)CO)[C@@H]2OC(C)(C)O[C@H]12. The molecule has 27 heavy (non-hydrogen) atoms. The second-order valence-electron chi connectivity index (χ2n) is 8.34. The second-order valence-corrected chi connectivity index (χ2v) is 8.34. The highest BCUT2D eigenvalue weighted by Gasteiger charge is 2.57. The van der Waals surface area contributed by atoms with Crippen LogP contribution >= 0.6 is 0 Å². The number of fused-ring (bicyclic) bond motifs is 1. The van der Waals surface area contributed by atoms with Crippen LogP contribution in [-0.2, 0) is 18.9 Å². The summed E-state index contributed by atoms with van der Waals surface area (Å²) < 4.78 is 23.4. The molecule has 0 aliphatic carbocycles. The first-order chi connectivity index (χ1) is 13.0. The van der Waals surface area contributed by atoms with Crippen molar-refractivity contribution in [3.63, 3.8) is 0 Å². The van der Waals surface area contributed by atoms with E-state index in [1.165, 1.54) is 51.4 Å². The number of unbranched alkanes of at least 4 members (excludes halogenated alkanes) is 9. The predicted molar refractivity (Wildman–Crippen MR) is 103 cm³/mol. The summed E-state index contributed by atoms with van der Waals surface area (Å²) >= 11 is 0. The lowest BCUT2D eigenvalue weighted by Crippen LogP contribution is -2.40. The van der Waals surface area contributed by atoms with Crippen LogP contribution in [0.25, 0.3) is 0 Å². The topological polar surface area (TPSA) is 77.4 Å². The van der Waals surface area contributed by atoms with Crippen LogP contribution in [0, 0.1) is 0 Å². The molecule has 2 heterocycles. The quantitative estimate of drug-likeness (QED) is 0.443. The number of ether oxygens (including phenoxy) is 4. The highest BCUT2D eigenvalue weighted by atomic mass is 16.8. The molecule has 160 valence electrons. The molecule has 0 amide bonds. The molecule has 2 fully saturated rings. The third-order valence-corrected chi connectivity index (χ3v) is 5.39. The molecule has 0 aromatic heterocycles. The first kappa shape index (κ1) is 23.0. The van der Waals surface area contributed by atoms with Crippen molar-refractivity contribution in [2.24, 2.45) is 0 Å². The predicted octanol–water partition coefficient (Wildman–Crippen LogP) is 3.52. The third-order valence-electron chi connectivity index (χ3n) is 5.39. The van der Waals surface area contributed by atoms with E-state index in [0.29, 0.717) is 6.61 Å². The van der Waals surface area contributed by atoms with Crippen molar-refractivity contribution in [3.05, 3.63) is 0 Å². The zero-order valence-corrected chi connectivity index (χ0v) is 17.4. The lowest BCUT2D eigenvalue weighted by molar-refractivity contribution is -0.244. The fourth-order valence-electron chi connectivity index (χ4n) is 3.93. The molecule has 2 aliphatic heterocycles. The maximum atomic E-state index is 9.99. The monoisotopic (exact) mass is 388 g/mol. The van der Waals surface area contributed by atoms with E-state index in [1.54, 1.807) is 0 Å². The summed E-state index contributed by atoms with van der Waals surface area (Å²) in [5, 5.41) is 19.2. The highest BCUT2D eigenvalue weighted by Crippen LogP contribution is 2.40. The summed E-state index contributed by atoms with van der Waals surface area (Å²) in [6, 6.07) is 0. The van der Waals surface area contributed by atoms with Gasteiger partial charge in [-0.15, -0.1) is 0 Å². The van der Waals surface area contributed by atoms with Gasteiger partial charge in [-0.3, -0.25) is 0 Å². The average Bonchev–Trinajstić information content (AvgIpc) is 3.12. The summed E-state index contributed by atoms with van der Waals surface area (Å²) in [7, 11) is 0.